The molecule has 0 aromatic heterocycles. The van der Waals surface area contributed by atoms with Crippen LogP contribution in [-0.4, -0.2) is 30.9 Å². The van der Waals surface area contributed by atoms with Gasteiger partial charge in [0.15, 0.2) is 0 Å². The van der Waals surface area contributed by atoms with Crippen molar-refractivity contribution in [2.75, 3.05) is 20.1 Å². The van der Waals surface area contributed by atoms with E-state index in [0.717, 1.165) is 19.4 Å². The van der Waals surface area contributed by atoms with E-state index in [9.17, 15) is 4.79 Å². The first-order chi connectivity index (χ1) is 8.90. The number of benzene rings is 1. The predicted octanol–water partition coefficient (Wildman–Crippen LogP) is 2.23. The molecule has 1 aromatic rings. The second-order valence-corrected chi connectivity index (χ2v) is 5.73. The molecule has 0 aliphatic carbocycles. The second-order valence-electron chi connectivity index (χ2n) is 5.73. The summed E-state index contributed by atoms with van der Waals surface area (Å²) in [5.41, 5.74) is 7.78. The third kappa shape index (κ3) is 4.35. The lowest BCUT2D eigenvalue weighted by molar-refractivity contribution is -0.138. The molecule has 0 radical (unpaired) electrons. The fraction of sp³-hybridized carbons (Fsp3) is 0.562. The van der Waals surface area contributed by atoms with Crippen LogP contribution in [-0.2, 0) is 17.6 Å². The van der Waals surface area contributed by atoms with Crippen molar-refractivity contribution in [2.45, 2.75) is 33.6 Å². The summed E-state index contributed by atoms with van der Waals surface area (Å²) in [5.74, 6) is 0.111. The van der Waals surface area contributed by atoms with Crippen molar-refractivity contribution in [1.82, 2.24) is 4.90 Å². The Bertz CT molecular complexity index is 409. The van der Waals surface area contributed by atoms with E-state index in [0.29, 0.717) is 6.54 Å². The van der Waals surface area contributed by atoms with Crippen LogP contribution in [0.3, 0.4) is 0 Å². The number of nitrogens with zero attached hydrogens (tertiary/aromatic N) is 1. The molecular formula is C16H26N2O. The highest BCUT2D eigenvalue weighted by Crippen LogP contribution is 2.16. The Morgan fingerprint density at radius 2 is 1.74 bits per heavy atom. The number of carbonyl (C=O) groups excluding carboxylic acids is 1. The van der Waals surface area contributed by atoms with E-state index in [-0.39, 0.29) is 5.91 Å². The summed E-state index contributed by atoms with van der Waals surface area (Å²) in [6, 6.07) is 8.60. The summed E-state index contributed by atoms with van der Waals surface area (Å²) >= 11 is 0. The Labute approximate surface area is 116 Å². The van der Waals surface area contributed by atoms with Crippen molar-refractivity contribution in [3.63, 3.8) is 0 Å². The fourth-order valence-electron chi connectivity index (χ4n) is 1.94. The van der Waals surface area contributed by atoms with Crippen molar-refractivity contribution in [3.05, 3.63) is 35.4 Å². The van der Waals surface area contributed by atoms with Crippen LogP contribution in [0.2, 0.25) is 0 Å². The summed E-state index contributed by atoms with van der Waals surface area (Å²) in [6.45, 7) is 7.04. The molecule has 0 aliphatic rings. The smallest absolute Gasteiger partial charge is 0.229 e. The van der Waals surface area contributed by atoms with Crippen molar-refractivity contribution in [1.29, 1.82) is 0 Å². The third-order valence-electron chi connectivity index (χ3n) is 3.60. The van der Waals surface area contributed by atoms with Crippen molar-refractivity contribution >= 4 is 5.91 Å². The van der Waals surface area contributed by atoms with Gasteiger partial charge < -0.3 is 10.6 Å². The summed E-state index contributed by atoms with van der Waals surface area (Å²) in [4.78, 5) is 13.9. The summed E-state index contributed by atoms with van der Waals surface area (Å²) < 4.78 is 0. The van der Waals surface area contributed by atoms with E-state index in [2.05, 4.69) is 31.2 Å². The molecule has 1 rings (SSSR count). The molecule has 19 heavy (non-hydrogen) atoms. The molecular weight excluding hydrogens is 236 g/mol. The zero-order valence-corrected chi connectivity index (χ0v) is 12.6. The van der Waals surface area contributed by atoms with E-state index in [1.54, 1.807) is 4.90 Å². The Morgan fingerprint density at radius 1 is 1.21 bits per heavy atom. The van der Waals surface area contributed by atoms with Gasteiger partial charge in [0, 0.05) is 20.1 Å². The van der Waals surface area contributed by atoms with Gasteiger partial charge >= 0.3 is 0 Å². The first-order valence-corrected chi connectivity index (χ1v) is 6.94. The van der Waals surface area contributed by atoms with Crippen LogP contribution in [0.1, 0.15) is 31.9 Å². The highest BCUT2D eigenvalue weighted by atomic mass is 16.2. The molecule has 0 unspecified atom stereocenters. The van der Waals surface area contributed by atoms with Crippen LogP contribution in [0.4, 0.5) is 0 Å². The average molecular weight is 262 g/mol. The van der Waals surface area contributed by atoms with Crippen LogP contribution in [0.5, 0.6) is 0 Å². The van der Waals surface area contributed by atoms with E-state index < -0.39 is 5.41 Å². The lowest BCUT2D eigenvalue weighted by Crippen LogP contribution is -2.43. The van der Waals surface area contributed by atoms with Crippen LogP contribution in [0.15, 0.2) is 24.3 Å². The third-order valence-corrected chi connectivity index (χ3v) is 3.60. The van der Waals surface area contributed by atoms with E-state index in [4.69, 9.17) is 5.73 Å². The van der Waals surface area contributed by atoms with Gasteiger partial charge in [-0.3, -0.25) is 4.79 Å². The van der Waals surface area contributed by atoms with E-state index >= 15 is 0 Å². The van der Waals surface area contributed by atoms with Crippen molar-refractivity contribution in [3.8, 4) is 0 Å². The lowest BCUT2D eigenvalue weighted by atomic mass is 9.92. The van der Waals surface area contributed by atoms with Crippen LogP contribution >= 0.6 is 0 Å². The van der Waals surface area contributed by atoms with Crippen LogP contribution in [0, 0.1) is 5.41 Å². The number of carbonyl (C=O) groups is 1. The van der Waals surface area contributed by atoms with E-state index in [1.807, 2.05) is 20.9 Å². The molecule has 2 N–H and O–H groups in total. The molecule has 106 valence electrons. The first kappa shape index (κ1) is 15.7. The maximum Gasteiger partial charge on any atom is 0.229 e. The number of hydrogen-bond acceptors (Lipinski definition) is 2. The Kier molecular flexibility index (Phi) is 5.55. The standard InChI is InChI=1S/C16H26N2O/c1-5-13-6-8-14(9-7-13)10-11-18(4)15(19)16(2,3)12-17/h6-9H,5,10-12,17H2,1-4H3. The zero-order valence-electron chi connectivity index (χ0n) is 12.6. The number of rotatable bonds is 6. The number of hydrogen-bond donors (Lipinski definition) is 1. The van der Waals surface area contributed by atoms with E-state index in [1.165, 1.54) is 11.1 Å². The number of aryl methyl sites for hydroxylation is 1. The fourth-order valence-corrected chi connectivity index (χ4v) is 1.94. The topological polar surface area (TPSA) is 46.3 Å². The number of likely N-dealkylation sites (N-methyl/N-ethyl adjacent to an activating group) is 1. The number of amides is 1. The molecule has 0 saturated heterocycles. The lowest BCUT2D eigenvalue weighted by Gasteiger charge is -2.28. The summed E-state index contributed by atoms with van der Waals surface area (Å²) in [6.07, 6.45) is 1.94. The maximum absolute atomic E-state index is 12.2. The van der Waals surface area contributed by atoms with Gasteiger partial charge in [-0.2, -0.15) is 0 Å². The minimum Gasteiger partial charge on any atom is -0.345 e. The molecule has 0 atom stereocenters. The molecule has 0 spiro atoms. The average Bonchev–Trinajstić information content (AvgIpc) is 2.44. The molecule has 0 bridgehead atoms. The van der Waals surface area contributed by atoms with Crippen LogP contribution in [0.25, 0.3) is 0 Å². The minimum atomic E-state index is -0.471. The van der Waals surface area contributed by atoms with Crippen molar-refractivity contribution in [2.24, 2.45) is 11.1 Å². The first-order valence-electron chi connectivity index (χ1n) is 6.94. The quantitative estimate of drug-likeness (QED) is 0.854. The predicted molar refractivity (Wildman–Crippen MR) is 80.0 cm³/mol. The second kappa shape index (κ2) is 6.71. The molecule has 0 saturated carbocycles. The van der Waals surface area contributed by atoms with Gasteiger partial charge in [-0.15, -0.1) is 0 Å². The van der Waals surface area contributed by atoms with Gasteiger partial charge in [-0.05, 0) is 37.8 Å². The van der Waals surface area contributed by atoms with Gasteiger partial charge in [-0.1, -0.05) is 31.2 Å². The molecule has 3 nitrogen and oxygen atoms in total. The highest BCUT2D eigenvalue weighted by Gasteiger charge is 2.28. The highest BCUT2D eigenvalue weighted by molar-refractivity contribution is 5.81. The molecule has 1 amide bonds. The maximum atomic E-state index is 12.2. The molecule has 0 heterocycles. The summed E-state index contributed by atoms with van der Waals surface area (Å²) in [5, 5.41) is 0. The van der Waals surface area contributed by atoms with Gasteiger partial charge in [0.05, 0.1) is 5.41 Å². The Morgan fingerprint density at radius 3 is 2.21 bits per heavy atom. The van der Waals surface area contributed by atoms with Gasteiger partial charge in [0.25, 0.3) is 0 Å². The molecule has 0 aliphatic heterocycles. The molecule has 0 fully saturated rings. The van der Waals surface area contributed by atoms with Gasteiger partial charge in [0.2, 0.25) is 5.91 Å². The Hall–Kier alpha value is -1.35. The monoisotopic (exact) mass is 262 g/mol. The molecule has 1 aromatic carbocycles. The van der Waals surface area contributed by atoms with Gasteiger partial charge in [-0.25, -0.2) is 0 Å². The SMILES string of the molecule is CCc1ccc(CCN(C)C(=O)C(C)(C)CN)cc1. The largest absolute Gasteiger partial charge is 0.345 e. The number of nitrogens with two attached hydrogens (primary N) is 1. The van der Waals surface area contributed by atoms with Crippen molar-refractivity contribution < 1.29 is 4.79 Å². The summed E-state index contributed by atoms with van der Waals surface area (Å²) in [7, 11) is 1.85. The Balaban J connectivity index is 2.54. The minimum absolute atomic E-state index is 0.111. The zero-order chi connectivity index (χ0) is 14.5. The van der Waals surface area contributed by atoms with Crippen LogP contribution < -0.4 is 5.73 Å². The molecule has 3 heteroatoms. The van der Waals surface area contributed by atoms with Gasteiger partial charge in [0.1, 0.15) is 0 Å². The normalized spacial score (nSPS) is 11.4.